The molecule has 1 fully saturated rings. The third-order valence-corrected chi connectivity index (χ3v) is 11.6. The van der Waals surface area contributed by atoms with Crippen molar-refractivity contribution in [1.29, 1.82) is 0 Å². The molecule has 45 heavy (non-hydrogen) atoms. The average molecular weight is 656 g/mol. The predicted molar refractivity (Wildman–Crippen MR) is 172 cm³/mol. The van der Waals surface area contributed by atoms with E-state index in [0.29, 0.717) is 30.0 Å². The zero-order valence-electron chi connectivity index (χ0n) is 24.9. The van der Waals surface area contributed by atoms with Crippen molar-refractivity contribution in [2.45, 2.75) is 50.0 Å². The Hall–Kier alpha value is -3.45. The van der Waals surface area contributed by atoms with Gasteiger partial charge in [-0.2, -0.15) is 16.9 Å². The average Bonchev–Trinajstić information content (AvgIpc) is 3.72. The van der Waals surface area contributed by atoms with Crippen molar-refractivity contribution in [3.8, 4) is 17.0 Å². The largest absolute Gasteiger partial charge is 0.455 e. The van der Waals surface area contributed by atoms with Gasteiger partial charge in [0.1, 0.15) is 22.5 Å². The van der Waals surface area contributed by atoms with E-state index in [2.05, 4.69) is 5.10 Å². The van der Waals surface area contributed by atoms with Gasteiger partial charge < -0.3 is 14.6 Å². The number of nitrogens with zero attached hydrogens (tertiary/aromatic N) is 3. The molecule has 0 radical (unpaired) electrons. The van der Waals surface area contributed by atoms with E-state index < -0.39 is 26.4 Å². The van der Waals surface area contributed by atoms with Crippen LogP contribution in [0.1, 0.15) is 44.4 Å². The number of fused-ring (bicyclic) bond motifs is 1. The number of halogens is 2. The SMILES string of the molecule is CC1(S(=O)(=O)n2ccc3c(CCSCCO)cccc32)CC=CC(Oc2ccc(F)c(-c3ccn(C4CCCCO4)n3)c2)=C1F. The van der Waals surface area contributed by atoms with Crippen molar-refractivity contribution >= 4 is 32.7 Å². The van der Waals surface area contributed by atoms with Crippen LogP contribution in [-0.2, 0) is 21.2 Å². The molecule has 238 valence electrons. The molecule has 1 N–H and O–H groups in total. The number of aromatic nitrogens is 3. The molecule has 0 spiro atoms. The van der Waals surface area contributed by atoms with Gasteiger partial charge in [-0.1, -0.05) is 18.2 Å². The zero-order chi connectivity index (χ0) is 31.6. The molecule has 1 aliphatic carbocycles. The first-order valence-corrected chi connectivity index (χ1v) is 17.6. The van der Waals surface area contributed by atoms with Crippen LogP contribution >= 0.6 is 11.8 Å². The van der Waals surface area contributed by atoms with Crippen LogP contribution in [0.5, 0.6) is 5.75 Å². The van der Waals surface area contributed by atoms with E-state index in [0.717, 1.165) is 39.9 Å². The van der Waals surface area contributed by atoms with Gasteiger partial charge in [0.25, 0.3) is 10.0 Å². The van der Waals surface area contributed by atoms with Crippen LogP contribution in [-0.4, -0.2) is 56.7 Å². The Labute approximate surface area is 265 Å². The van der Waals surface area contributed by atoms with Crippen LogP contribution in [0.15, 0.2) is 84.7 Å². The highest BCUT2D eigenvalue weighted by molar-refractivity contribution is 7.99. The van der Waals surface area contributed by atoms with Gasteiger partial charge >= 0.3 is 0 Å². The second kappa shape index (κ2) is 13.1. The van der Waals surface area contributed by atoms with Crippen LogP contribution in [0.4, 0.5) is 8.78 Å². The summed E-state index contributed by atoms with van der Waals surface area (Å²) in [6.07, 6.45) is 9.41. The number of hydrogen-bond acceptors (Lipinski definition) is 7. The predicted octanol–water partition coefficient (Wildman–Crippen LogP) is 6.77. The second-order valence-electron chi connectivity index (χ2n) is 11.3. The summed E-state index contributed by atoms with van der Waals surface area (Å²) in [5.41, 5.74) is 1.98. The molecule has 0 bridgehead atoms. The van der Waals surface area contributed by atoms with Crippen molar-refractivity contribution in [3.63, 3.8) is 0 Å². The molecule has 2 aromatic carbocycles. The molecule has 3 heterocycles. The summed E-state index contributed by atoms with van der Waals surface area (Å²) in [7, 11) is -4.30. The highest BCUT2D eigenvalue weighted by Gasteiger charge is 2.48. The number of aliphatic hydroxyl groups excluding tert-OH is 1. The minimum atomic E-state index is -4.30. The molecule has 1 aliphatic heterocycles. The van der Waals surface area contributed by atoms with E-state index in [-0.39, 0.29) is 36.3 Å². The van der Waals surface area contributed by atoms with Gasteiger partial charge in [0.05, 0.1) is 17.8 Å². The van der Waals surface area contributed by atoms with Gasteiger partial charge in [0.15, 0.2) is 11.6 Å². The molecule has 2 unspecified atom stereocenters. The van der Waals surface area contributed by atoms with Gasteiger partial charge in [0.2, 0.25) is 0 Å². The smallest absolute Gasteiger partial charge is 0.251 e. The summed E-state index contributed by atoms with van der Waals surface area (Å²) in [5, 5.41) is 14.3. The minimum absolute atomic E-state index is 0.0967. The number of aliphatic hydroxyl groups is 1. The van der Waals surface area contributed by atoms with E-state index in [9.17, 15) is 12.8 Å². The highest BCUT2D eigenvalue weighted by Crippen LogP contribution is 2.41. The molecule has 12 heteroatoms. The standard InChI is InChI=1S/C33H35F2N3O5S2/c1-33(45(40,41)38-17-12-25-23(6-4-7-29(25)38)14-20-44-21-18-39)15-5-8-30(32(33)35)43-24-10-11-27(34)26(22-24)28-13-16-37(36-28)31-9-2-3-19-42-31/h4-8,10-13,16-17,22,31,39H,2-3,9,14-15,18-21H2,1H3. The lowest BCUT2D eigenvalue weighted by molar-refractivity contribution is -0.0393. The van der Waals surface area contributed by atoms with Crippen molar-refractivity contribution in [1.82, 2.24) is 13.8 Å². The van der Waals surface area contributed by atoms with E-state index in [1.165, 1.54) is 37.4 Å². The maximum atomic E-state index is 16.3. The lowest BCUT2D eigenvalue weighted by Gasteiger charge is -2.30. The Morgan fingerprint density at radius 1 is 1.13 bits per heavy atom. The molecule has 1 saturated heterocycles. The fraction of sp³-hybridized carbons (Fsp3) is 0.364. The molecule has 2 atom stereocenters. The van der Waals surface area contributed by atoms with Gasteiger partial charge in [-0.25, -0.2) is 25.9 Å². The van der Waals surface area contributed by atoms with Crippen LogP contribution in [0.3, 0.4) is 0 Å². The quantitative estimate of drug-likeness (QED) is 0.178. The van der Waals surface area contributed by atoms with Crippen LogP contribution in [0, 0.1) is 5.82 Å². The Morgan fingerprint density at radius 3 is 2.80 bits per heavy atom. The molecular weight excluding hydrogens is 621 g/mol. The van der Waals surface area contributed by atoms with Crippen LogP contribution in [0.2, 0.25) is 0 Å². The topological polar surface area (TPSA) is 95.6 Å². The summed E-state index contributed by atoms with van der Waals surface area (Å²) < 4.78 is 72.0. The van der Waals surface area contributed by atoms with Crippen LogP contribution in [0.25, 0.3) is 22.2 Å². The Balaban J connectivity index is 1.27. The maximum absolute atomic E-state index is 16.3. The summed E-state index contributed by atoms with van der Waals surface area (Å²) in [5.74, 6) is -0.171. The molecular formula is C33H35F2N3O5S2. The maximum Gasteiger partial charge on any atom is 0.251 e. The minimum Gasteiger partial charge on any atom is -0.455 e. The lowest BCUT2D eigenvalue weighted by Crippen LogP contribution is -2.41. The second-order valence-corrected chi connectivity index (χ2v) is 14.8. The lowest BCUT2D eigenvalue weighted by atomic mass is 9.99. The summed E-state index contributed by atoms with van der Waals surface area (Å²) in [6.45, 7) is 2.10. The summed E-state index contributed by atoms with van der Waals surface area (Å²) in [6, 6.07) is 12.9. The molecule has 2 aromatic heterocycles. The van der Waals surface area contributed by atoms with E-state index >= 15 is 4.39 Å². The molecule has 6 rings (SSSR count). The molecule has 4 aromatic rings. The van der Waals surface area contributed by atoms with E-state index in [4.69, 9.17) is 14.6 Å². The number of thioether (sulfide) groups is 1. The molecule has 0 amide bonds. The number of rotatable bonds is 11. The summed E-state index contributed by atoms with van der Waals surface area (Å²) >= 11 is 1.62. The normalized spacial score (nSPS) is 20.7. The van der Waals surface area contributed by atoms with Crippen LogP contribution < -0.4 is 4.74 Å². The fourth-order valence-electron chi connectivity index (χ4n) is 5.78. The van der Waals surface area contributed by atoms with Gasteiger partial charge in [0, 0.05) is 35.7 Å². The number of hydrogen-bond donors (Lipinski definition) is 1. The van der Waals surface area contributed by atoms with E-state index in [1.807, 2.05) is 6.07 Å². The number of allylic oxidation sites excluding steroid dienone is 2. The van der Waals surface area contributed by atoms with Crippen molar-refractivity contribution in [2.75, 3.05) is 24.7 Å². The van der Waals surface area contributed by atoms with Gasteiger partial charge in [-0.05, 0) is 92.8 Å². The highest BCUT2D eigenvalue weighted by atomic mass is 32.2. The van der Waals surface area contributed by atoms with Gasteiger partial charge in [-0.3, -0.25) is 0 Å². The van der Waals surface area contributed by atoms with Gasteiger partial charge in [-0.15, -0.1) is 0 Å². The first-order chi connectivity index (χ1) is 21.7. The third-order valence-electron chi connectivity index (χ3n) is 8.32. The van der Waals surface area contributed by atoms with Crippen molar-refractivity contribution in [3.05, 3.63) is 96.0 Å². The molecule has 8 nitrogen and oxygen atoms in total. The van der Waals surface area contributed by atoms with Crippen molar-refractivity contribution in [2.24, 2.45) is 0 Å². The van der Waals surface area contributed by atoms with Crippen molar-refractivity contribution < 1.29 is 31.8 Å². The zero-order valence-corrected chi connectivity index (χ0v) is 26.5. The Kier molecular flexibility index (Phi) is 9.19. The first kappa shape index (κ1) is 31.5. The fourth-order valence-corrected chi connectivity index (χ4v) is 8.18. The first-order valence-electron chi connectivity index (χ1n) is 15.0. The molecule has 2 aliphatic rings. The number of ether oxygens (including phenoxy) is 2. The monoisotopic (exact) mass is 655 g/mol. The third kappa shape index (κ3) is 6.08. The Bertz CT molecular complexity index is 1860. The molecule has 0 saturated carbocycles. The summed E-state index contributed by atoms with van der Waals surface area (Å²) in [4.78, 5) is 0. The Morgan fingerprint density at radius 2 is 2.00 bits per heavy atom. The number of aryl methyl sites for hydroxylation is 1. The number of benzene rings is 2. The van der Waals surface area contributed by atoms with E-state index in [1.54, 1.807) is 53.0 Å².